The largest absolute Gasteiger partial charge is 0.466 e. The van der Waals surface area contributed by atoms with Crippen molar-refractivity contribution >= 4 is 5.97 Å². The summed E-state index contributed by atoms with van der Waals surface area (Å²) in [7, 11) is 1.84. The summed E-state index contributed by atoms with van der Waals surface area (Å²) in [6.45, 7) is 4.69. The lowest BCUT2D eigenvalue weighted by molar-refractivity contribution is -0.143. The van der Waals surface area contributed by atoms with Gasteiger partial charge in [0.05, 0.1) is 19.1 Å². The van der Waals surface area contributed by atoms with Gasteiger partial charge in [0, 0.05) is 6.54 Å². The van der Waals surface area contributed by atoms with Crippen LogP contribution in [0.5, 0.6) is 0 Å². The van der Waals surface area contributed by atoms with Gasteiger partial charge in [0.25, 0.3) is 0 Å². The Morgan fingerprint density at radius 2 is 2.05 bits per heavy atom. The van der Waals surface area contributed by atoms with Crippen LogP contribution in [0.15, 0.2) is 24.3 Å². The van der Waals surface area contributed by atoms with Crippen molar-refractivity contribution in [3.05, 3.63) is 35.4 Å². The quantitative estimate of drug-likeness (QED) is 0.737. The third-order valence-electron chi connectivity index (χ3n) is 2.93. The Hall–Kier alpha value is -1.86. The molecule has 1 rings (SSSR count). The van der Waals surface area contributed by atoms with Crippen LogP contribution in [0, 0.1) is 18.3 Å². The summed E-state index contributed by atoms with van der Waals surface area (Å²) < 4.78 is 4.88. The van der Waals surface area contributed by atoms with Crippen LogP contribution < -0.4 is 0 Å². The summed E-state index contributed by atoms with van der Waals surface area (Å²) in [5.74, 6) is -0.227. The highest BCUT2D eigenvalue weighted by Crippen LogP contribution is 2.19. The van der Waals surface area contributed by atoms with Crippen LogP contribution >= 0.6 is 0 Å². The minimum absolute atomic E-state index is 0.227. The highest BCUT2D eigenvalue weighted by molar-refractivity contribution is 5.69. The second-order valence-electron chi connectivity index (χ2n) is 4.48. The van der Waals surface area contributed by atoms with Crippen molar-refractivity contribution in [2.75, 3.05) is 20.2 Å². The first-order valence-corrected chi connectivity index (χ1v) is 6.40. The molecular weight excluding hydrogens is 240 g/mol. The molecule has 0 saturated heterocycles. The van der Waals surface area contributed by atoms with E-state index in [4.69, 9.17) is 4.74 Å². The van der Waals surface area contributed by atoms with E-state index in [1.54, 1.807) is 6.92 Å². The Kier molecular flexibility index (Phi) is 6.04. The summed E-state index contributed by atoms with van der Waals surface area (Å²) in [5, 5.41) is 9.28. The van der Waals surface area contributed by atoms with Crippen LogP contribution in [0.2, 0.25) is 0 Å². The third kappa shape index (κ3) is 4.72. The van der Waals surface area contributed by atoms with Crippen molar-refractivity contribution in [3.63, 3.8) is 0 Å². The molecule has 102 valence electrons. The monoisotopic (exact) mass is 260 g/mol. The number of ether oxygens (including phenoxy) is 1. The number of esters is 1. The number of carbonyl (C=O) groups is 1. The summed E-state index contributed by atoms with van der Waals surface area (Å²) in [6, 6.07) is 9.80. The maximum Gasteiger partial charge on any atom is 0.307 e. The number of carbonyl (C=O) groups excluding carboxylic acids is 1. The molecule has 0 aromatic heterocycles. The van der Waals surface area contributed by atoms with Gasteiger partial charge in [-0.25, -0.2) is 0 Å². The van der Waals surface area contributed by atoms with Gasteiger partial charge in [-0.1, -0.05) is 29.8 Å². The number of hydrogen-bond donors (Lipinski definition) is 0. The van der Waals surface area contributed by atoms with Gasteiger partial charge in [-0.3, -0.25) is 9.69 Å². The van der Waals surface area contributed by atoms with Crippen LogP contribution in [-0.4, -0.2) is 31.1 Å². The lowest BCUT2D eigenvalue weighted by Crippen LogP contribution is -2.26. The molecule has 1 atom stereocenters. The molecule has 0 amide bonds. The minimum atomic E-state index is -0.338. The normalized spacial score (nSPS) is 11.9. The van der Waals surface area contributed by atoms with Gasteiger partial charge in [0.2, 0.25) is 0 Å². The summed E-state index contributed by atoms with van der Waals surface area (Å²) in [5.41, 5.74) is 2.11. The molecule has 0 radical (unpaired) electrons. The number of hydrogen-bond acceptors (Lipinski definition) is 4. The molecular formula is C15H20N2O2. The van der Waals surface area contributed by atoms with Crippen molar-refractivity contribution < 1.29 is 9.53 Å². The van der Waals surface area contributed by atoms with Crippen LogP contribution in [0.3, 0.4) is 0 Å². The standard InChI is InChI=1S/C15H20N2O2/c1-4-19-15(18)9-10-17(3)14(11-16)13-7-5-12(2)6-8-13/h5-8,14H,4,9-10H2,1-3H3. The predicted molar refractivity (Wildman–Crippen MR) is 73.4 cm³/mol. The van der Waals surface area contributed by atoms with E-state index < -0.39 is 0 Å². The zero-order valence-corrected chi connectivity index (χ0v) is 11.7. The van der Waals surface area contributed by atoms with Crippen molar-refractivity contribution in [2.45, 2.75) is 26.3 Å². The molecule has 0 bridgehead atoms. The van der Waals surface area contributed by atoms with Crippen molar-refractivity contribution in [1.82, 2.24) is 4.90 Å². The van der Waals surface area contributed by atoms with E-state index in [1.165, 1.54) is 0 Å². The molecule has 0 fully saturated rings. The molecule has 4 nitrogen and oxygen atoms in total. The Balaban J connectivity index is 2.62. The number of aryl methyl sites for hydroxylation is 1. The zero-order chi connectivity index (χ0) is 14.3. The molecule has 0 aliphatic heterocycles. The highest BCUT2D eigenvalue weighted by atomic mass is 16.5. The minimum Gasteiger partial charge on any atom is -0.466 e. The number of nitriles is 1. The number of benzene rings is 1. The van der Waals surface area contributed by atoms with E-state index in [1.807, 2.05) is 43.1 Å². The van der Waals surface area contributed by atoms with Crippen molar-refractivity contribution in [2.24, 2.45) is 0 Å². The molecule has 0 aliphatic rings. The lowest BCUT2D eigenvalue weighted by atomic mass is 10.1. The molecule has 4 heteroatoms. The molecule has 0 spiro atoms. The Morgan fingerprint density at radius 3 is 2.58 bits per heavy atom. The molecule has 0 saturated carbocycles. The molecule has 19 heavy (non-hydrogen) atoms. The van der Waals surface area contributed by atoms with Gasteiger partial charge < -0.3 is 4.74 Å². The van der Waals surface area contributed by atoms with Gasteiger partial charge >= 0.3 is 5.97 Å². The first-order valence-electron chi connectivity index (χ1n) is 6.40. The molecule has 0 N–H and O–H groups in total. The number of rotatable bonds is 6. The first kappa shape index (κ1) is 15.2. The van der Waals surface area contributed by atoms with Crippen molar-refractivity contribution in [3.8, 4) is 6.07 Å². The summed E-state index contributed by atoms with van der Waals surface area (Å²) >= 11 is 0. The van der Waals surface area contributed by atoms with Gasteiger partial charge in [0.15, 0.2) is 0 Å². The molecule has 0 heterocycles. The second-order valence-corrected chi connectivity index (χ2v) is 4.48. The van der Waals surface area contributed by atoms with E-state index >= 15 is 0 Å². The fraction of sp³-hybridized carbons (Fsp3) is 0.467. The van der Waals surface area contributed by atoms with E-state index in [0.29, 0.717) is 19.6 Å². The summed E-state index contributed by atoms with van der Waals surface area (Å²) in [4.78, 5) is 13.2. The van der Waals surface area contributed by atoms with Gasteiger partial charge in [-0.15, -0.1) is 0 Å². The average Bonchev–Trinajstić information content (AvgIpc) is 2.40. The smallest absolute Gasteiger partial charge is 0.307 e. The predicted octanol–water partition coefficient (Wildman–Crippen LogP) is 2.44. The second kappa shape index (κ2) is 7.55. The maximum absolute atomic E-state index is 11.3. The highest BCUT2D eigenvalue weighted by Gasteiger charge is 2.17. The molecule has 1 unspecified atom stereocenters. The lowest BCUT2D eigenvalue weighted by Gasteiger charge is -2.22. The van der Waals surface area contributed by atoms with Crippen LogP contribution in [0.25, 0.3) is 0 Å². The van der Waals surface area contributed by atoms with Gasteiger partial charge in [-0.05, 0) is 26.5 Å². The Labute approximate surface area is 114 Å². The number of nitrogens with zero attached hydrogens (tertiary/aromatic N) is 2. The maximum atomic E-state index is 11.3. The van der Waals surface area contributed by atoms with Gasteiger partial charge in [-0.2, -0.15) is 5.26 Å². The Bertz CT molecular complexity index is 448. The van der Waals surface area contributed by atoms with E-state index in [-0.39, 0.29) is 12.0 Å². The third-order valence-corrected chi connectivity index (χ3v) is 2.93. The first-order chi connectivity index (χ1) is 9.08. The molecule has 1 aromatic carbocycles. The summed E-state index contributed by atoms with van der Waals surface area (Å²) in [6.07, 6.45) is 0.300. The Morgan fingerprint density at radius 1 is 1.42 bits per heavy atom. The van der Waals surface area contributed by atoms with Crippen molar-refractivity contribution in [1.29, 1.82) is 5.26 Å². The van der Waals surface area contributed by atoms with E-state index in [9.17, 15) is 10.1 Å². The SMILES string of the molecule is CCOC(=O)CCN(C)C(C#N)c1ccc(C)cc1. The van der Waals surface area contributed by atoms with Crippen LogP contribution in [0.4, 0.5) is 0 Å². The topological polar surface area (TPSA) is 53.3 Å². The van der Waals surface area contributed by atoms with Crippen LogP contribution in [0.1, 0.15) is 30.5 Å². The zero-order valence-electron chi connectivity index (χ0n) is 11.7. The molecule has 1 aromatic rings. The van der Waals surface area contributed by atoms with Gasteiger partial charge in [0.1, 0.15) is 6.04 Å². The molecule has 0 aliphatic carbocycles. The fourth-order valence-corrected chi connectivity index (χ4v) is 1.81. The average molecular weight is 260 g/mol. The fourth-order valence-electron chi connectivity index (χ4n) is 1.81. The van der Waals surface area contributed by atoms with E-state index in [0.717, 1.165) is 11.1 Å². The van der Waals surface area contributed by atoms with Crippen LogP contribution in [-0.2, 0) is 9.53 Å². The van der Waals surface area contributed by atoms with E-state index in [2.05, 4.69) is 6.07 Å².